The number of halogens is 1. The van der Waals surface area contributed by atoms with Crippen molar-refractivity contribution < 1.29 is 0 Å². The molecule has 0 fully saturated rings. The summed E-state index contributed by atoms with van der Waals surface area (Å²) in [7, 11) is 0. The lowest BCUT2D eigenvalue weighted by molar-refractivity contribution is 1.11. The van der Waals surface area contributed by atoms with Gasteiger partial charge in [0.1, 0.15) is 5.65 Å². The van der Waals surface area contributed by atoms with E-state index in [1.165, 1.54) is 48.7 Å². The maximum atomic E-state index is 7.65. The lowest BCUT2D eigenvalue weighted by Crippen LogP contribution is -2.02. The lowest BCUT2D eigenvalue weighted by atomic mass is 10.1. The summed E-state index contributed by atoms with van der Waals surface area (Å²) in [5, 5.41) is 9.27. The minimum Gasteiger partial charge on any atom is -0.307 e. The summed E-state index contributed by atoms with van der Waals surface area (Å²) in [5.74, 6) is 0. The second-order valence-electron chi connectivity index (χ2n) is 12.1. The topological polar surface area (TPSA) is 14.3 Å². The van der Waals surface area contributed by atoms with Gasteiger partial charge in [-0.25, -0.2) is 0 Å². The van der Waals surface area contributed by atoms with Crippen LogP contribution in [0.15, 0.2) is 140 Å². The van der Waals surface area contributed by atoms with E-state index < -0.39 is 0 Å². The maximum Gasteiger partial charge on any atom is 0.123 e. The molecule has 0 bridgehead atoms. The summed E-state index contributed by atoms with van der Waals surface area (Å²) in [5.41, 5.74) is 9.97. The number of hydrogen-bond donors (Lipinski definition) is 0. The van der Waals surface area contributed by atoms with Gasteiger partial charge >= 0.3 is 0 Å². The van der Waals surface area contributed by atoms with Gasteiger partial charge in [-0.05, 0) is 77.2 Å². The van der Waals surface area contributed by atoms with E-state index in [0.29, 0.717) is 0 Å². The zero-order chi connectivity index (χ0) is 29.8. The van der Waals surface area contributed by atoms with Crippen LogP contribution in [0.3, 0.4) is 0 Å². The molecule has 0 unspecified atom stereocenters. The molecule has 0 aliphatic rings. The fraction of sp³-hybridized carbons (Fsp3) is 0.0244. The van der Waals surface area contributed by atoms with E-state index in [-0.39, 0.29) is 0 Å². The largest absolute Gasteiger partial charge is 0.307 e. The van der Waals surface area contributed by atoms with Crippen molar-refractivity contribution >= 4 is 82.5 Å². The zero-order valence-electron chi connectivity index (χ0n) is 24.5. The maximum absolute atomic E-state index is 7.65. The van der Waals surface area contributed by atoms with E-state index in [0.717, 1.165) is 44.2 Å². The summed E-state index contributed by atoms with van der Waals surface area (Å²) in [6.07, 6.45) is 0. The van der Waals surface area contributed by atoms with Crippen molar-refractivity contribution in [1.82, 2.24) is 13.5 Å². The monoisotopic (exact) mass is 595 g/mol. The molecule has 212 valence electrons. The Bertz CT molecular complexity index is 2850. The Morgan fingerprint density at radius 1 is 0.444 bits per heavy atom. The molecule has 0 aliphatic carbocycles. The molecule has 0 N–H and O–H groups in total. The predicted octanol–water partition coefficient (Wildman–Crippen LogP) is 11.4. The van der Waals surface area contributed by atoms with E-state index in [9.17, 15) is 0 Å². The molecule has 3 heterocycles. The number of rotatable bonds is 2. The molecule has 3 aromatic heterocycles. The molecule has 0 amide bonds. The summed E-state index contributed by atoms with van der Waals surface area (Å²) in [6.45, 7) is 2.17. The Hall–Kier alpha value is -5.51. The van der Waals surface area contributed by atoms with Crippen LogP contribution in [0.1, 0.15) is 5.56 Å². The molecule has 0 saturated heterocycles. The number of hydrogen-bond acceptors (Lipinski definition) is 0. The van der Waals surface area contributed by atoms with Crippen LogP contribution in [0.2, 0.25) is 5.02 Å². The minimum absolute atomic E-state index is 0.717. The highest BCUT2D eigenvalue weighted by atomic mass is 35.5. The fourth-order valence-corrected chi connectivity index (χ4v) is 7.83. The Morgan fingerprint density at radius 2 is 1.07 bits per heavy atom. The Kier molecular flexibility index (Phi) is 4.98. The molecule has 0 aliphatic heterocycles. The van der Waals surface area contributed by atoms with Crippen molar-refractivity contribution in [2.24, 2.45) is 0 Å². The van der Waals surface area contributed by atoms with Crippen molar-refractivity contribution in [3.8, 4) is 11.4 Å². The van der Waals surface area contributed by atoms with Gasteiger partial charge in [-0.1, -0.05) is 103 Å². The van der Waals surface area contributed by atoms with Crippen molar-refractivity contribution in [2.45, 2.75) is 6.92 Å². The molecule has 0 saturated carbocycles. The molecule has 0 spiro atoms. The first-order chi connectivity index (χ1) is 22.2. The third-order valence-corrected chi connectivity index (χ3v) is 9.85. The number of nitrogens with zero attached hydrogens (tertiary/aromatic N) is 3. The number of benzene rings is 7. The van der Waals surface area contributed by atoms with E-state index in [1.807, 2.05) is 0 Å². The van der Waals surface area contributed by atoms with Gasteiger partial charge < -0.3 is 4.57 Å². The highest BCUT2D eigenvalue weighted by Gasteiger charge is 2.22. The van der Waals surface area contributed by atoms with Gasteiger partial charge in [-0.15, -0.1) is 0 Å². The number of para-hydroxylation sites is 3. The Morgan fingerprint density at radius 3 is 1.87 bits per heavy atom. The van der Waals surface area contributed by atoms with Crippen LogP contribution in [0, 0.1) is 6.92 Å². The predicted molar refractivity (Wildman–Crippen MR) is 191 cm³/mol. The summed E-state index contributed by atoms with van der Waals surface area (Å²) < 4.78 is 7.09. The molecule has 4 heteroatoms. The SMILES string of the molecule is Cc1cc(-n2c3ccccc3c3ccc4ccccc4c32)c(Cl)c(-n2c3ccccc3n3c4cc5ccccc5cc4cc23)c1. The third kappa shape index (κ3) is 3.36. The smallest absolute Gasteiger partial charge is 0.123 e. The van der Waals surface area contributed by atoms with Crippen molar-refractivity contribution in [1.29, 1.82) is 0 Å². The van der Waals surface area contributed by atoms with E-state index in [4.69, 9.17) is 11.6 Å². The van der Waals surface area contributed by atoms with E-state index >= 15 is 0 Å². The fourth-order valence-electron chi connectivity index (χ4n) is 7.56. The lowest BCUT2D eigenvalue weighted by Gasteiger charge is -2.17. The van der Waals surface area contributed by atoms with Crippen LogP contribution < -0.4 is 0 Å². The molecule has 10 aromatic rings. The third-order valence-electron chi connectivity index (χ3n) is 9.46. The number of imidazole rings is 1. The molecule has 0 atom stereocenters. The standard InChI is InChI=1S/C41H26ClN3/c1-25-20-37(44-35-17-9-8-16-34(35)43-36-23-28-12-3-2-11-27(28)22-29(36)24-39(43)44)40(42)38(21-25)45-33-15-7-6-14-31(33)32-19-18-26-10-4-5-13-30(26)41(32)45/h2-24H,1H3. The summed E-state index contributed by atoms with van der Waals surface area (Å²) in [6, 6.07) is 50.3. The van der Waals surface area contributed by atoms with Crippen molar-refractivity contribution in [3.63, 3.8) is 0 Å². The van der Waals surface area contributed by atoms with Gasteiger partial charge in [0.25, 0.3) is 0 Å². The van der Waals surface area contributed by atoms with Gasteiger partial charge in [0.05, 0.1) is 44.0 Å². The van der Waals surface area contributed by atoms with Gasteiger partial charge in [-0.2, -0.15) is 0 Å². The first kappa shape index (κ1) is 24.9. The minimum atomic E-state index is 0.717. The quantitative estimate of drug-likeness (QED) is 0.189. The highest BCUT2D eigenvalue weighted by molar-refractivity contribution is 6.35. The first-order valence-corrected chi connectivity index (χ1v) is 15.7. The Labute approximate surface area is 263 Å². The molecule has 3 nitrogen and oxygen atoms in total. The van der Waals surface area contributed by atoms with Gasteiger partial charge in [-0.3, -0.25) is 8.97 Å². The van der Waals surface area contributed by atoms with Gasteiger partial charge in [0, 0.05) is 21.5 Å². The normalized spacial score (nSPS) is 12.2. The van der Waals surface area contributed by atoms with Crippen LogP contribution in [0.4, 0.5) is 0 Å². The number of aryl methyl sites for hydroxylation is 1. The van der Waals surface area contributed by atoms with Crippen molar-refractivity contribution in [2.75, 3.05) is 0 Å². The first-order valence-electron chi connectivity index (χ1n) is 15.3. The molecule has 0 radical (unpaired) electrons. The molecule has 7 aromatic carbocycles. The van der Waals surface area contributed by atoms with E-state index in [1.54, 1.807) is 0 Å². The molecular formula is C41H26ClN3. The zero-order valence-corrected chi connectivity index (χ0v) is 25.3. The number of fused-ring (bicyclic) bond motifs is 11. The number of aromatic nitrogens is 3. The molecule has 10 rings (SSSR count). The van der Waals surface area contributed by atoms with Gasteiger partial charge in [0.15, 0.2) is 0 Å². The highest BCUT2D eigenvalue weighted by Crippen LogP contribution is 2.42. The van der Waals surface area contributed by atoms with Crippen molar-refractivity contribution in [3.05, 3.63) is 150 Å². The average molecular weight is 596 g/mol. The van der Waals surface area contributed by atoms with Gasteiger partial charge in [0.2, 0.25) is 0 Å². The van der Waals surface area contributed by atoms with Crippen LogP contribution in [0.5, 0.6) is 0 Å². The second-order valence-corrected chi connectivity index (χ2v) is 12.5. The molecule has 45 heavy (non-hydrogen) atoms. The second kappa shape index (κ2) is 9.01. The van der Waals surface area contributed by atoms with Crippen LogP contribution in [-0.2, 0) is 0 Å². The average Bonchev–Trinajstić information content (AvgIpc) is 3.71. The Balaban J connectivity index is 1.35. The van der Waals surface area contributed by atoms with E-state index in [2.05, 4.69) is 160 Å². The molecular weight excluding hydrogens is 570 g/mol. The summed E-state index contributed by atoms with van der Waals surface area (Å²) >= 11 is 7.65. The van der Waals surface area contributed by atoms with Crippen LogP contribution in [-0.4, -0.2) is 13.5 Å². The van der Waals surface area contributed by atoms with Crippen LogP contribution in [0.25, 0.3) is 82.3 Å². The van der Waals surface area contributed by atoms with Crippen LogP contribution >= 0.6 is 11.6 Å². The summed E-state index contributed by atoms with van der Waals surface area (Å²) in [4.78, 5) is 0.